The number of rotatable bonds is 8. The third kappa shape index (κ3) is 8.71. The zero-order chi connectivity index (χ0) is 14.0. The summed E-state index contributed by atoms with van der Waals surface area (Å²) in [5.41, 5.74) is 11.4. The van der Waals surface area contributed by atoms with Crippen LogP contribution in [0.5, 0.6) is 0 Å². The summed E-state index contributed by atoms with van der Waals surface area (Å²) in [7, 11) is 1.82. The van der Waals surface area contributed by atoms with Crippen LogP contribution in [0.1, 0.15) is 12.8 Å². The van der Waals surface area contributed by atoms with Crippen LogP contribution in [0.15, 0.2) is 0 Å². The van der Waals surface area contributed by atoms with Gasteiger partial charge in [-0.05, 0) is 58.4 Å². The minimum atomic E-state index is -0.495. The molecule has 0 aliphatic rings. The molecule has 4 nitrogen and oxygen atoms in total. The highest BCUT2D eigenvalue weighted by Gasteiger charge is 2.19. The van der Waals surface area contributed by atoms with Crippen molar-refractivity contribution >= 4 is 55.3 Å². The van der Waals surface area contributed by atoms with Gasteiger partial charge in [0.25, 0.3) is 0 Å². The van der Waals surface area contributed by atoms with Gasteiger partial charge < -0.3 is 11.5 Å². The van der Waals surface area contributed by atoms with E-state index in [2.05, 4.69) is 0 Å². The highest BCUT2D eigenvalue weighted by molar-refractivity contribution is 8.87. The maximum Gasteiger partial charge on any atom is 0.216 e. The first-order valence-corrected chi connectivity index (χ1v) is 10.4. The van der Waals surface area contributed by atoms with Gasteiger partial charge in [-0.3, -0.25) is 9.59 Å². The maximum atomic E-state index is 11.6. The van der Waals surface area contributed by atoms with Crippen molar-refractivity contribution in [1.29, 1.82) is 0 Å². The summed E-state index contributed by atoms with van der Waals surface area (Å²) in [5, 5.41) is -0.307. The molecule has 106 valence electrons. The molecule has 0 aromatic carbocycles. The van der Waals surface area contributed by atoms with E-state index in [1.54, 1.807) is 23.5 Å². The van der Waals surface area contributed by atoms with E-state index in [0.29, 0.717) is 12.8 Å². The van der Waals surface area contributed by atoms with E-state index >= 15 is 0 Å². The molecule has 18 heavy (non-hydrogen) atoms. The van der Waals surface area contributed by atoms with Gasteiger partial charge in [-0.2, -0.15) is 23.5 Å². The van der Waals surface area contributed by atoms with E-state index in [4.69, 9.17) is 11.5 Å². The lowest BCUT2D eigenvalue weighted by Crippen LogP contribution is -2.30. The lowest BCUT2D eigenvalue weighted by Gasteiger charge is -2.10. The van der Waals surface area contributed by atoms with E-state index in [-0.39, 0.29) is 10.2 Å². The first kappa shape index (κ1) is 18.7. The molecule has 0 aliphatic heterocycles. The van der Waals surface area contributed by atoms with Gasteiger partial charge >= 0.3 is 0 Å². The van der Waals surface area contributed by atoms with E-state index in [1.807, 2.05) is 12.5 Å². The van der Waals surface area contributed by atoms with E-state index in [1.165, 1.54) is 0 Å². The van der Waals surface area contributed by atoms with Crippen LogP contribution in [-0.4, -0.2) is 46.3 Å². The molecule has 0 saturated heterocycles. The van der Waals surface area contributed by atoms with Crippen molar-refractivity contribution in [2.24, 2.45) is 11.5 Å². The second kappa shape index (κ2) is 11.5. The third-order valence-corrected chi connectivity index (χ3v) is 5.62. The first-order chi connectivity index (χ1) is 8.52. The molecule has 0 heterocycles. The summed E-state index contributed by atoms with van der Waals surface area (Å²) in [6.45, 7) is 0. The van der Waals surface area contributed by atoms with Gasteiger partial charge in [0, 0.05) is 0 Å². The maximum absolute atomic E-state index is 11.6. The molecular weight excluding hydrogens is 308 g/mol. The number of carbonyl (C=O) groups excluding carboxylic acids is 2. The zero-order valence-electron chi connectivity index (χ0n) is 10.6. The van der Waals surface area contributed by atoms with Crippen LogP contribution in [0.2, 0.25) is 0 Å². The number of nitrogens with two attached hydrogens (primary N) is 2. The normalized spacial score (nSPS) is 14.2. The second-order valence-electron chi connectivity index (χ2n) is 3.58. The summed E-state index contributed by atoms with van der Waals surface area (Å²) in [6, 6.07) is -0.990. The molecule has 0 aromatic rings. The Labute approximate surface area is 125 Å². The molecular formula is C10H20N2O2S4. The minimum Gasteiger partial charge on any atom is -0.321 e. The molecule has 0 rings (SSSR count). The molecule has 2 unspecified atom stereocenters. The number of hydrogen-bond donors (Lipinski definition) is 2. The zero-order valence-corrected chi connectivity index (χ0v) is 13.9. The van der Waals surface area contributed by atoms with Gasteiger partial charge in [0.05, 0.1) is 12.1 Å². The molecule has 0 aliphatic carbocycles. The lowest BCUT2D eigenvalue weighted by molar-refractivity contribution is -0.113. The average Bonchev–Trinajstić information content (AvgIpc) is 2.38. The van der Waals surface area contributed by atoms with Crippen LogP contribution >= 0.6 is 45.1 Å². The van der Waals surface area contributed by atoms with Crippen LogP contribution in [-0.2, 0) is 9.59 Å². The fourth-order valence-electron chi connectivity index (χ4n) is 0.931. The summed E-state index contributed by atoms with van der Waals surface area (Å²) < 4.78 is 0. The van der Waals surface area contributed by atoms with E-state index < -0.39 is 12.1 Å². The molecule has 8 heteroatoms. The molecule has 0 radical (unpaired) electrons. The van der Waals surface area contributed by atoms with Gasteiger partial charge in [-0.15, -0.1) is 0 Å². The highest BCUT2D eigenvalue weighted by atomic mass is 33.1. The Bertz CT molecular complexity index is 240. The standard InChI is InChI=1S/C10H20N2O2S4/c1-15-5-3-7(11)9(13)17-18-10(14)8(12)4-6-16-2/h7-8H,3-6,11-12H2,1-2H3. The second-order valence-corrected chi connectivity index (χ2v) is 7.69. The quantitative estimate of drug-likeness (QED) is 0.650. The predicted molar refractivity (Wildman–Crippen MR) is 87.1 cm³/mol. The van der Waals surface area contributed by atoms with E-state index in [9.17, 15) is 9.59 Å². The SMILES string of the molecule is CSCCC(N)C(=O)SSC(=O)C(N)CCSC. The average molecular weight is 329 g/mol. The van der Waals surface area contributed by atoms with Gasteiger partial charge in [0.2, 0.25) is 10.2 Å². The van der Waals surface area contributed by atoms with Crippen molar-refractivity contribution in [3.8, 4) is 0 Å². The number of thioether (sulfide) groups is 2. The summed E-state index contributed by atoms with van der Waals surface area (Å²) in [6.07, 6.45) is 5.21. The molecule has 2 atom stereocenters. The van der Waals surface area contributed by atoms with Crippen LogP contribution in [0.25, 0.3) is 0 Å². The Morgan fingerprint density at radius 1 is 0.889 bits per heavy atom. The molecule has 0 saturated carbocycles. The Morgan fingerprint density at radius 2 is 1.22 bits per heavy atom. The number of hydrogen-bond acceptors (Lipinski definition) is 8. The first-order valence-electron chi connectivity index (χ1n) is 5.44. The molecule has 0 amide bonds. The van der Waals surface area contributed by atoms with Crippen LogP contribution in [0.3, 0.4) is 0 Å². The molecule has 0 aromatic heterocycles. The molecule has 0 bridgehead atoms. The minimum absolute atomic E-state index is 0.153. The fourth-order valence-corrected chi connectivity index (χ4v) is 3.79. The Morgan fingerprint density at radius 3 is 1.50 bits per heavy atom. The van der Waals surface area contributed by atoms with Crippen molar-refractivity contribution in [2.45, 2.75) is 24.9 Å². The van der Waals surface area contributed by atoms with Crippen molar-refractivity contribution in [2.75, 3.05) is 24.0 Å². The Balaban J connectivity index is 3.86. The fraction of sp³-hybridized carbons (Fsp3) is 0.800. The van der Waals surface area contributed by atoms with Crippen molar-refractivity contribution < 1.29 is 9.59 Å². The Kier molecular flexibility index (Phi) is 11.9. The predicted octanol–water partition coefficient (Wildman–Crippen LogP) is 1.58. The smallest absolute Gasteiger partial charge is 0.216 e. The third-order valence-electron chi connectivity index (χ3n) is 2.08. The van der Waals surface area contributed by atoms with Gasteiger partial charge in [0.1, 0.15) is 0 Å². The van der Waals surface area contributed by atoms with Crippen molar-refractivity contribution in [3.05, 3.63) is 0 Å². The summed E-state index contributed by atoms with van der Waals surface area (Å²) in [4.78, 5) is 23.2. The van der Waals surface area contributed by atoms with Gasteiger partial charge in [-0.25, -0.2) is 0 Å². The van der Waals surface area contributed by atoms with Gasteiger partial charge in [0.15, 0.2) is 0 Å². The van der Waals surface area contributed by atoms with Crippen LogP contribution < -0.4 is 11.5 Å². The largest absolute Gasteiger partial charge is 0.321 e. The van der Waals surface area contributed by atoms with E-state index in [0.717, 1.165) is 33.1 Å². The monoisotopic (exact) mass is 328 g/mol. The van der Waals surface area contributed by atoms with Crippen LogP contribution in [0.4, 0.5) is 0 Å². The lowest BCUT2D eigenvalue weighted by atomic mass is 10.3. The number of carbonyl (C=O) groups is 2. The summed E-state index contributed by atoms with van der Waals surface area (Å²) in [5.74, 6) is 1.69. The Hall–Kier alpha value is 0.660. The molecule has 4 N–H and O–H groups in total. The van der Waals surface area contributed by atoms with Gasteiger partial charge in [-0.1, -0.05) is 0 Å². The highest BCUT2D eigenvalue weighted by Crippen LogP contribution is 2.26. The van der Waals surface area contributed by atoms with Crippen molar-refractivity contribution in [3.63, 3.8) is 0 Å². The topological polar surface area (TPSA) is 86.2 Å². The summed E-state index contributed by atoms with van der Waals surface area (Å²) >= 11 is 3.30. The van der Waals surface area contributed by atoms with Crippen LogP contribution in [0, 0.1) is 0 Å². The van der Waals surface area contributed by atoms with Crippen molar-refractivity contribution in [1.82, 2.24) is 0 Å². The molecule has 0 fully saturated rings. The molecule has 0 spiro atoms.